The summed E-state index contributed by atoms with van der Waals surface area (Å²) in [4.78, 5) is 5.24. The van der Waals surface area contributed by atoms with Crippen molar-refractivity contribution >= 4 is 0 Å². The molecule has 0 aromatic carbocycles. The van der Waals surface area contributed by atoms with Gasteiger partial charge in [-0.05, 0) is 109 Å². The van der Waals surface area contributed by atoms with Crippen LogP contribution in [-0.2, 0) is 0 Å². The summed E-state index contributed by atoms with van der Waals surface area (Å²) in [5.74, 6) is 1.51. The Hall–Kier alpha value is -1.11. The van der Waals surface area contributed by atoms with E-state index < -0.39 is 0 Å². The molecule has 4 fully saturated rings. The van der Waals surface area contributed by atoms with E-state index in [9.17, 15) is 5.26 Å². The lowest BCUT2D eigenvalue weighted by Crippen LogP contribution is -2.62. The summed E-state index contributed by atoms with van der Waals surface area (Å²) in [5.41, 5.74) is 6.38. The number of rotatable bonds is 2. The lowest BCUT2D eigenvalue weighted by Gasteiger charge is -2.58. The minimum absolute atomic E-state index is 0.0765. The molecule has 3 nitrogen and oxygen atoms in total. The molecule has 0 aromatic heterocycles. The number of piperidine rings is 1. The Kier molecular flexibility index (Phi) is 4.35. The second kappa shape index (κ2) is 6.44. The van der Waals surface area contributed by atoms with Gasteiger partial charge in [-0.2, -0.15) is 5.26 Å². The molecular formula is C25H37N3. The molecule has 3 aliphatic carbocycles. The third-order valence-corrected chi connectivity index (χ3v) is 9.37. The van der Waals surface area contributed by atoms with E-state index >= 15 is 0 Å². The lowest BCUT2D eigenvalue weighted by atomic mass is 9.49. The smallest absolute Gasteiger partial charge is 0.0838 e. The van der Waals surface area contributed by atoms with Crippen molar-refractivity contribution in [3.8, 4) is 6.07 Å². The Morgan fingerprint density at radius 2 is 1.86 bits per heavy atom. The first-order valence-electron chi connectivity index (χ1n) is 11.7. The maximum atomic E-state index is 10.9. The predicted octanol–water partition coefficient (Wildman–Crippen LogP) is 4.77. The van der Waals surface area contributed by atoms with E-state index in [-0.39, 0.29) is 10.8 Å². The van der Waals surface area contributed by atoms with Gasteiger partial charge in [0.2, 0.25) is 0 Å². The van der Waals surface area contributed by atoms with Gasteiger partial charge in [-0.25, -0.2) is 0 Å². The van der Waals surface area contributed by atoms with Gasteiger partial charge in [-0.1, -0.05) is 11.1 Å². The molecule has 2 saturated carbocycles. The van der Waals surface area contributed by atoms with E-state index in [1.807, 2.05) is 0 Å². The third kappa shape index (κ3) is 2.40. The molecule has 0 amide bonds. The van der Waals surface area contributed by atoms with Crippen molar-refractivity contribution in [1.29, 1.82) is 5.26 Å². The van der Waals surface area contributed by atoms with Gasteiger partial charge in [0.25, 0.3) is 0 Å². The van der Waals surface area contributed by atoms with E-state index in [1.165, 1.54) is 51.6 Å². The molecule has 0 N–H and O–H groups in total. The molecular weight excluding hydrogens is 342 g/mol. The van der Waals surface area contributed by atoms with E-state index in [2.05, 4.69) is 43.7 Å². The van der Waals surface area contributed by atoms with Crippen molar-refractivity contribution in [3.63, 3.8) is 0 Å². The standard InChI is InChI=1S/C25H37N3/c1-17-5-6-18(2)23-22(17)13-21-15-27(4)11-9-24(16-26)19(3)28(14-20-7-8-20)12-10-25(21,23)24/h19-21H,5-15H2,1-4H3. The fourth-order valence-corrected chi connectivity index (χ4v) is 7.63. The van der Waals surface area contributed by atoms with Crippen molar-refractivity contribution < 1.29 is 0 Å². The molecule has 0 bridgehead atoms. The summed E-state index contributed by atoms with van der Waals surface area (Å²) >= 11 is 0. The Balaban J connectivity index is 1.68. The molecule has 2 aliphatic heterocycles. The van der Waals surface area contributed by atoms with Crippen molar-refractivity contribution in [2.45, 2.75) is 71.8 Å². The summed E-state index contributed by atoms with van der Waals surface area (Å²) < 4.78 is 0. The first-order chi connectivity index (χ1) is 13.4. The summed E-state index contributed by atoms with van der Waals surface area (Å²) in [6.07, 6.45) is 8.66. The monoisotopic (exact) mass is 379 g/mol. The number of allylic oxidation sites excluding steroid dienone is 4. The largest absolute Gasteiger partial charge is 0.306 e. The van der Waals surface area contributed by atoms with Crippen LogP contribution in [0.25, 0.3) is 0 Å². The number of likely N-dealkylation sites (tertiary alicyclic amines) is 2. The Morgan fingerprint density at radius 1 is 1.11 bits per heavy atom. The van der Waals surface area contributed by atoms with E-state index in [0.717, 1.165) is 25.4 Å². The van der Waals surface area contributed by atoms with Gasteiger partial charge >= 0.3 is 0 Å². The summed E-state index contributed by atoms with van der Waals surface area (Å²) in [5, 5.41) is 10.9. The average molecular weight is 380 g/mol. The maximum absolute atomic E-state index is 10.9. The van der Waals surface area contributed by atoms with E-state index in [0.29, 0.717) is 12.0 Å². The highest BCUT2D eigenvalue weighted by Gasteiger charge is 2.67. The van der Waals surface area contributed by atoms with Crippen LogP contribution in [0.4, 0.5) is 0 Å². The minimum Gasteiger partial charge on any atom is -0.306 e. The van der Waals surface area contributed by atoms with Crippen molar-refractivity contribution in [2.75, 3.05) is 33.2 Å². The molecule has 28 heavy (non-hydrogen) atoms. The van der Waals surface area contributed by atoms with Crippen molar-refractivity contribution in [3.05, 3.63) is 22.3 Å². The zero-order chi connectivity index (χ0) is 19.7. The lowest BCUT2D eigenvalue weighted by molar-refractivity contribution is -0.0586. The maximum Gasteiger partial charge on any atom is 0.0838 e. The van der Waals surface area contributed by atoms with Crippen molar-refractivity contribution in [2.24, 2.45) is 22.7 Å². The first kappa shape index (κ1) is 18.9. The highest BCUT2D eigenvalue weighted by Crippen LogP contribution is 2.69. The van der Waals surface area contributed by atoms with Gasteiger partial charge in [0.1, 0.15) is 0 Å². The van der Waals surface area contributed by atoms with Gasteiger partial charge < -0.3 is 4.90 Å². The molecule has 152 valence electrons. The highest BCUT2D eigenvalue weighted by atomic mass is 15.2. The molecule has 5 aliphatic rings. The molecule has 3 heteroatoms. The zero-order valence-electron chi connectivity index (χ0n) is 18.4. The van der Waals surface area contributed by atoms with Crippen LogP contribution in [0.15, 0.2) is 22.3 Å². The Morgan fingerprint density at radius 3 is 2.57 bits per heavy atom. The van der Waals surface area contributed by atoms with Crippen LogP contribution >= 0.6 is 0 Å². The van der Waals surface area contributed by atoms with Gasteiger partial charge in [0.15, 0.2) is 0 Å². The van der Waals surface area contributed by atoms with Crippen LogP contribution in [0.3, 0.4) is 0 Å². The highest BCUT2D eigenvalue weighted by molar-refractivity contribution is 5.54. The van der Waals surface area contributed by atoms with E-state index in [4.69, 9.17) is 0 Å². The fourth-order valence-electron chi connectivity index (χ4n) is 7.63. The van der Waals surface area contributed by atoms with Crippen LogP contribution in [0.2, 0.25) is 0 Å². The van der Waals surface area contributed by atoms with E-state index in [1.54, 1.807) is 22.3 Å². The molecule has 1 spiro atoms. The molecule has 4 unspecified atom stereocenters. The average Bonchev–Trinajstić information content (AvgIpc) is 3.45. The second-order valence-electron chi connectivity index (χ2n) is 10.7. The number of nitriles is 1. The molecule has 2 heterocycles. The van der Waals surface area contributed by atoms with Gasteiger partial charge in [0.05, 0.1) is 11.5 Å². The SMILES string of the molecule is CC1=C2CC3CN(C)CCC4(C#N)C(C)N(CC5CC5)CCC34C2=C(C)CC1. The molecule has 0 radical (unpaired) electrons. The van der Waals surface area contributed by atoms with Gasteiger partial charge in [-0.3, -0.25) is 4.90 Å². The molecule has 5 rings (SSSR count). The Labute approximate surface area is 171 Å². The van der Waals surface area contributed by atoms with Crippen LogP contribution in [0.5, 0.6) is 0 Å². The minimum atomic E-state index is -0.245. The Bertz CT molecular complexity index is 782. The predicted molar refractivity (Wildman–Crippen MR) is 114 cm³/mol. The fraction of sp³-hybridized carbons (Fsp3) is 0.800. The summed E-state index contributed by atoms with van der Waals surface area (Å²) in [6, 6.07) is 3.42. The topological polar surface area (TPSA) is 30.3 Å². The van der Waals surface area contributed by atoms with Gasteiger partial charge in [0, 0.05) is 24.5 Å². The number of hydrogen-bond acceptors (Lipinski definition) is 3. The number of fused-ring (bicyclic) bond motifs is 1. The molecule has 0 aromatic rings. The summed E-state index contributed by atoms with van der Waals surface area (Å²) in [6.45, 7) is 11.8. The quantitative estimate of drug-likeness (QED) is 0.692. The van der Waals surface area contributed by atoms with Crippen LogP contribution < -0.4 is 0 Å². The van der Waals surface area contributed by atoms with Gasteiger partial charge in [-0.15, -0.1) is 0 Å². The van der Waals surface area contributed by atoms with Crippen LogP contribution in [-0.4, -0.2) is 49.1 Å². The molecule has 4 atom stereocenters. The first-order valence-corrected chi connectivity index (χ1v) is 11.7. The second-order valence-corrected chi connectivity index (χ2v) is 10.7. The third-order valence-electron chi connectivity index (χ3n) is 9.37. The number of nitrogens with zero attached hydrogens (tertiary/aromatic N) is 3. The van der Waals surface area contributed by atoms with Crippen LogP contribution in [0.1, 0.15) is 65.7 Å². The normalized spacial score (nSPS) is 42.0. The molecule has 2 saturated heterocycles. The van der Waals surface area contributed by atoms with Crippen LogP contribution in [0, 0.1) is 34.0 Å². The zero-order valence-corrected chi connectivity index (χ0v) is 18.4. The summed E-state index contributed by atoms with van der Waals surface area (Å²) in [7, 11) is 2.28. The number of hydrogen-bond donors (Lipinski definition) is 0. The van der Waals surface area contributed by atoms with Crippen molar-refractivity contribution in [1.82, 2.24) is 9.80 Å².